The van der Waals surface area contributed by atoms with Crippen LogP contribution in [0.15, 0.2) is 18.2 Å². The Morgan fingerprint density at radius 2 is 1.95 bits per heavy atom. The highest BCUT2D eigenvalue weighted by atomic mass is 16.5. The number of benzene rings is 1. The van der Waals surface area contributed by atoms with Crippen LogP contribution < -0.4 is 14.8 Å². The van der Waals surface area contributed by atoms with Gasteiger partial charge in [0.2, 0.25) is 0 Å². The monoisotopic (exact) mass is 283 g/mol. The third kappa shape index (κ3) is 6.23. The van der Waals surface area contributed by atoms with Crippen molar-refractivity contribution in [3.05, 3.63) is 23.8 Å². The molecule has 0 bridgehead atoms. The smallest absolute Gasteiger partial charge is 0.161 e. The van der Waals surface area contributed by atoms with Crippen molar-refractivity contribution >= 4 is 0 Å². The lowest BCUT2D eigenvalue weighted by atomic mass is 10.1. The first-order valence-corrected chi connectivity index (χ1v) is 6.68. The van der Waals surface area contributed by atoms with Crippen molar-refractivity contribution in [3.63, 3.8) is 0 Å². The molecule has 1 aromatic carbocycles. The van der Waals surface area contributed by atoms with E-state index in [-0.39, 0.29) is 6.61 Å². The average molecular weight is 283 g/mol. The Labute approximate surface area is 120 Å². The van der Waals surface area contributed by atoms with Crippen molar-refractivity contribution in [2.75, 3.05) is 34.0 Å². The lowest BCUT2D eigenvalue weighted by molar-refractivity contribution is 0.0276. The molecule has 114 valence electrons. The second kappa shape index (κ2) is 8.09. The molecule has 0 heterocycles. The van der Waals surface area contributed by atoms with Crippen LogP contribution in [0.1, 0.15) is 19.4 Å². The van der Waals surface area contributed by atoms with E-state index in [9.17, 15) is 5.11 Å². The predicted octanol–water partition coefficient (Wildman–Crippen LogP) is 1.58. The Balaban J connectivity index is 2.60. The fourth-order valence-corrected chi connectivity index (χ4v) is 1.60. The van der Waals surface area contributed by atoms with Crippen LogP contribution in [0, 0.1) is 0 Å². The third-order valence-corrected chi connectivity index (χ3v) is 2.62. The zero-order valence-electron chi connectivity index (χ0n) is 12.7. The summed E-state index contributed by atoms with van der Waals surface area (Å²) in [5, 5.41) is 12.9. The van der Waals surface area contributed by atoms with Crippen LogP contribution in [0.4, 0.5) is 0 Å². The first kappa shape index (κ1) is 16.8. The van der Waals surface area contributed by atoms with Gasteiger partial charge in [0.15, 0.2) is 11.5 Å². The van der Waals surface area contributed by atoms with E-state index >= 15 is 0 Å². The maximum Gasteiger partial charge on any atom is 0.161 e. The number of aliphatic hydroxyl groups is 1. The first-order chi connectivity index (χ1) is 9.46. The Morgan fingerprint density at radius 1 is 1.20 bits per heavy atom. The topological polar surface area (TPSA) is 60.0 Å². The van der Waals surface area contributed by atoms with Gasteiger partial charge in [-0.05, 0) is 31.5 Å². The van der Waals surface area contributed by atoms with E-state index in [0.29, 0.717) is 18.1 Å². The molecular weight excluding hydrogens is 258 g/mol. The van der Waals surface area contributed by atoms with Gasteiger partial charge in [0.1, 0.15) is 6.61 Å². The average Bonchev–Trinajstić information content (AvgIpc) is 2.41. The fraction of sp³-hybridized carbons (Fsp3) is 0.600. The third-order valence-electron chi connectivity index (χ3n) is 2.62. The Hall–Kier alpha value is -1.30. The van der Waals surface area contributed by atoms with E-state index in [1.807, 2.05) is 18.2 Å². The second-order valence-electron chi connectivity index (χ2n) is 5.26. The molecule has 0 spiro atoms. The van der Waals surface area contributed by atoms with Crippen molar-refractivity contribution in [2.45, 2.75) is 26.0 Å². The van der Waals surface area contributed by atoms with E-state index in [1.165, 1.54) is 0 Å². The largest absolute Gasteiger partial charge is 0.493 e. The number of rotatable bonds is 9. The zero-order chi connectivity index (χ0) is 15.0. The molecule has 0 aliphatic rings. The minimum Gasteiger partial charge on any atom is -0.493 e. The molecule has 0 aliphatic heterocycles. The maximum absolute atomic E-state index is 9.68. The van der Waals surface area contributed by atoms with Crippen molar-refractivity contribution < 1.29 is 19.3 Å². The normalized spacial score (nSPS) is 11.4. The van der Waals surface area contributed by atoms with Gasteiger partial charge < -0.3 is 24.6 Å². The van der Waals surface area contributed by atoms with Gasteiger partial charge in [-0.1, -0.05) is 6.07 Å². The summed E-state index contributed by atoms with van der Waals surface area (Å²) in [7, 11) is 3.29. The summed E-state index contributed by atoms with van der Waals surface area (Å²) >= 11 is 0. The number of hydrogen-bond donors (Lipinski definition) is 2. The highest BCUT2D eigenvalue weighted by molar-refractivity contribution is 5.43. The molecule has 0 aromatic heterocycles. The second-order valence-corrected chi connectivity index (χ2v) is 5.26. The lowest BCUT2D eigenvalue weighted by Gasteiger charge is -2.19. The Bertz CT molecular complexity index is 401. The molecule has 0 saturated heterocycles. The fourth-order valence-electron chi connectivity index (χ4n) is 1.60. The van der Waals surface area contributed by atoms with E-state index < -0.39 is 5.60 Å². The van der Waals surface area contributed by atoms with Gasteiger partial charge in [0, 0.05) is 20.2 Å². The molecular formula is C15H25NO4. The highest BCUT2D eigenvalue weighted by Crippen LogP contribution is 2.28. The van der Waals surface area contributed by atoms with Gasteiger partial charge in [0.05, 0.1) is 19.3 Å². The molecule has 0 unspecified atom stereocenters. The SMILES string of the molecule is COCCNCc1ccc(OCC(C)(C)O)c(OC)c1. The number of methoxy groups -OCH3 is 2. The van der Waals surface area contributed by atoms with E-state index in [2.05, 4.69) is 5.32 Å². The molecule has 1 rings (SSSR count). The summed E-state index contributed by atoms with van der Waals surface area (Å²) in [5.41, 5.74) is 0.235. The van der Waals surface area contributed by atoms with Crippen LogP contribution in [0.3, 0.4) is 0 Å². The Morgan fingerprint density at radius 3 is 2.55 bits per heavy atom. The van der Waals surface area contributed by atoms with Gasteiger partial charge in [-0.15, -0.1) is 0 Å². The predicted molar refractivity (Wildman–Crippen MR) is 78.4 cm³/mol. The summed E-state index contributed by atoms with van der Waals surface area (Å²) in [6.07, 6.45) is 0. The number of hydrogen-bond acceptors (Lipinski definition) is 5. The molecule has 0 amide bonds. The molecule has 20 heavy (non-hydrogen) atoms. The zero-order valence-corrected chi connectivity index (χ0v) is 12.7. The van der Waals surface area contributed by atoms with Gasteiger partial charge in [-0.25, -0.2) is 0 Å². The first-order valence-electron chi connectivity index (χ1n) is 6.68. The highest BCUT2D eigenvalue weighted by Gasteiger charge is 2.15. The minimum absolute atomic E-state index is 0.217. The van der Waals surface area contributed by atoms with Gasteiger partial charge in [0.25, 0.3) is 0 Å². The molecule has 2 N–H and O–H groups in total. The summed E-state index contributed by atoms with van der Waals surface area (Å²) in [5.74, 6) is 1.30. The van der Waals surface area contributed by atoms with Crippen LogP contribution in [-0.4, -0.2) is 44.7 Å². The van der Waals surface area contributed by atoms with Gasteiger partial charge in [-0.2, -0.15) is 0 Å². The minimum atomic E-state index is -0.870. The van der Waals surface area contributed by atoms with Crippen LogP contribution >= 0.6 is 0 Å². The summed E-state index contributed by atoms with van der Waals surface area (Å²) < 4.78 is 15.9. The summed E-state index contributed by atoms with van der Waals surface area (Å²) in [4.78, 5) is 0. The van der Waals surface area contributed by atoms with E-state index in [4.69, 9.17) is 14.2 Å². The molecule has 5 nitrogen and oxygen atoms in total. The lowest BCUT2D eigenvalue weighted by Crippen LogP contribution is -2.28. The summed E-state index contributed by atoms with van der Waals surface area (Å²) in [6, 6.07) is 5.76. The van der Waals surface area contributed by atoms with Crippen molar-refractivity contribution in [1.82, 2.24) is 5.32 Å². The van der Waals surface area contributed by atoms with Crippen molar-refractivity contribution in [1.29, 1.82) is 0 Å². The Kier molecular flexibility index (Phi) is 6.78. The van der Waals surface area contributed by atoms with Gasteiger partial charge >= 0.3 is 0 Å². The standard InChI is InChI=1S/C15H25NO4/c1-15(2,17)11-20-13-6-5-12(9-14(13)19-4)10-16-7-8-18-3/h5-6,9,16-17H,7-8,10-11H2,1-4H3. The van der Waals surface area contributed by atoms with E-state index in [0.717, 1.165) is 18.7 Å². The molecule has 0 saturated carbocycles. The summed E-state index contributed by atoms with van der Waals surface area (Å²) in [6.45, 7) is 5.85. The number of nitrogens with one attached hydrogen (secondary N) is 1. The van der Waals surface area contributed by atoms with Crippen LogP contribution in [-0.2, 0) is 11.3 Å². The van der Waals surface area contributed by atoms with Crippen molar-refractivity contribution in [3.8, 4) is 11.5 Å². The van der Waals surface area contributed by atoms with Crippen molar-refractivity contribution in [2.24, 2.45) is 0 Å². The molecule has 0 aliphatic carbocycles. The molecule has 1 aromatic rings. The van der Waals surface area contributed by atoms with Gasteiger partial charge in [-0.3, -0.25) is 0 Å². The maximum atomic E-state index is 9.68. The number of ether oxygens (including phenoxy) is 3. The molecule has 0 fully saturated rings. The molecule has 0 radical (unpaired) electrons. The molecule has 5 heteroatoms. The quantitative estimate of drug-likeness (QED) is 0.674. The van der Waals surface area contributed by atoms with Crippen LogP contribution in [0.2, 0.25) is 0 Å². The molecule has 0 atom stereocenters. The van der Waals surface area contributed by atoms with E-state index in [1.54, 1.807) is 28.1 Å². The van der Waals surface area contributed by atoms with Crippen LogP contribution in [0.25, 0.3) is 0 Å². The van der Waals surface area contributed by atoms with Crippen LogP contribution in [0.5, 0.6) is 11.5 Å².